The Morgan fingerprint density at radius 3 is 2.47 bits per heavy atom. The molecule has 1 aliphatic rings. The van der Waals surface area contributed by atoms with Crippen molar-refractivity contribution in [2.75, 3.05) is 11.9 Å². The highest BCUT2D eigenvalue weighted by Crippen LogP contribution is 2.29. The van der Waals surface area contributed by atoms with E-state index >= 15 is 0 Å². The Labute approximate surface area is 188 Å². The van der Waals surface area contributed by atoms with Crippen molar-refractivity contribution in [3.05, 3.63) is 95.6 Å². The lowest BCUT2D eigenvalue weighted by Crippen LogP contribution is -2.32. The fraction of sp³-hybridized carbons (Fsp3) is 0.259. The fourth-order valence-corrected chi connectivity index (χ4v) is 4.03. The summed E-state index contributed by atoms with van der Waals surface area (Å²) < 4.78 is 5.76. The summed E-state index contributed by atoms with van der Waals surface area (Å²) in [5.74, 6) is 0.983. The summed E-state index contributed by atoms with van der Waals surface area (Å²) in [7, 11) is 0. The first-order valence-corrected chi connectivity index (χ1v) is 11.0. The number of benzene rings is 3. The molecule has 1 aliphatic heterocycles. The van der Waals surface area contributed by atoms with Crippen LogP contribution in [0.1, 0.15) is 41.3 Å². The van der Waals surface area contributed by atoms with Gasteiger partial charge < -0.3 is 15.4 Å². The molecule has 164 valence electrons. The molecule has 0 aromatic heterocycles. The molecular weight excluding hydrogens is 400 g/mol. The molecule has 3 aromatic rings. The molecule has 3 aromatic carbocycles. The van der Waals surface area contributed by atoms with Gasteiger partial charge in [-0.15, -0.1) is 0 Å². The van der Waals surface area contributed by atoms with Crippen LogP contribution in [0.2, 0.25) is 0 Å². The number of carbonyl (C=O) groups excluding carboxylic acids is 2. The number of nitrogens with one attached hydrogen (secondary N) is 2. The van der Waals surface area contributed by atoms with Crippen molar-refractivity contribution in [1.29, 1.82) is 0 Å². The number of anilines is 1. The van der Waals surface area contributed by atoms with Crippen molar-refractivity contribution in [2.45, 2.75) is 32.3 Å². The van der Waals surface area contributed by atoms with Gasteiger partial charge in [-0.2, -0.15) is 0 Å². The van der Waals surface area contributed by atoms with Gasteiger partial charge in [0.2, 0.25) is 0 Å². The Morgan fingerprint density at radius 1 is 0.969 bits per heavy atom. The minimum absolute atomic E-state index is 0.160. The number of carbonyl (C=O) groups is 2. The van der Waals surface area contributed by atoms with Gasteiger partial charge in [-0.1, -0.05) is 68.4 Å². The topological polar surface area (TPSA) is 67.4 Å². The summed E-state index contributed by atoms with van der Waals surface area (Å²) in [6, 6.07) is 24.9. The maximum Gasteiger partial charge on any atom is 0.265 e. The lowest BCUT2D eigenvalue weighted by molar-refractivity contribution is -0.122. The maximum absolute atomic E-state index is 12.8. The number of hydrogen-bond acceptors (Lipinski definition) is 3. The Balaban J connectivity index is 1.37. The van der Waals surface area contributed by atoms with E-state index in [9.17, 15) is 9.59 Å². The van der Waals surface area contributed by atoms with Gasteiger partial charge in [0.25, 0.3) is 11.8 Å². The quantitative estimate of drug-likeness (QED) is 0.568. The van der Waals surface area contributed by atoms with Crippen molar-refractivity contribution in [2.24, 2.45) is 5.92 Å². The van der Waals surface area contributed by atoms with Crippen LogP contribution in [0.15, 0.2) is 78.9 Å². The third-order valence-corrected chi connectivity index (χ3v) is 5.85. The summed E-state index contributed by atoms with van der Waals surface area (Å²) in [6.07, 6.45) is -0.0271. The minimum atomic E-state index is -0.567. The zero-order valence-electron chi connectivity index (χ0n) is 18.4. The molecule has 5 heteroatoms. The molecule has 0 saturated heterocycles. The smallest absolute Gasteiger partial charge is 0.265 e. The average molecular weight is 429 g/mol. The van der Waals surface area contributed by atoms with E-state index in [1.807, 2.05) is 42.5 Å². The van der Waals surface area contributed by atoms with Crippen molar-refractivity contribution in [3.8, 4) is 5.75 Å². The van der Waals surface area contributed by atoms with Crippen LogP contribution in [0.4, 0.5) is 5.69 Å². The van der Waals surface area contributed by atoms with E-state index < -0.39 is 6.10 Å². The van der Waals surface area contributed by atoms with Crippen LogP contribution >= 0.6 is 0 Å². The molecule has 0 saturated carbocycles. The van der Waals surface area contributed by atoms with E-state index in [1.54, 1.807) is 24.3 Å². The molecule has 32 heavy (non-hydrogen) atoms. The van der Waals surface area contributed by atoms with E-state index in [1.165, 1.54) is 5.56 Å². The van der Waals surface area contributed by atoms with E-state index in [4.69, 9.17) is 4.74 Å². The summed E-state index contributed by atoms with van der Waals surface area (Å²) in [4.78, 5) is 25.5. The largest absolute Gasteiger partial charge is 0.480 e. The predicted octanol–water partition coefficient (Wildman–Crippen LogP) is 4.80. The van der Waals surface area contributed by atoms with Gasteiger partial charge >= 0.3 is 0 Å². The maximum atomic E-state index is 12.8. The number of ether oxygens (including phenoxy) is 1. The normalized spacial score (nSPS) is 15.5. The van der Waals surface area contributed by atoms with Crippen molar-refractivity contribution in [1.82, 2.24) is 5.32 Å². The second-order valence-electron chi connectivity index (χ2n) is 8.46. The van der Waals surface area contributed by atoms with Crippen LogP contribution in [-0.2, 0) is 11.2 Å². The Bertz CT molecular complexity index is 1070. The predicted molar refractivity (Wildman–Crippen MR) is 126 cm³/mol. The Morgan fingerprint density at radius 2 is 1.72 bits per heavy atom. The molecule has 4 rings (SSSR count). The van der Waals surface area contributed by atoms with E-state index in [2.05, 4.69) is 36.6 Å². The SMILES string of the molecule is CC(C)C(CNC(=O)c1cccc(NC(=O)C2Cc3ccccc3O2)c1)c1ccccc1. The fourth-order valence-electron chi connectivity index (χ4n) is 4.03. The first-order valence-electron chi connectivity index (χ1n) is 11.0. The molecule has 0 radical (unpaired) electrons. The van der Waals surface area contributed by atoms with Crippen molar-refractivity contribution >= 4 is 17.5 Å². The summed E-state index contributed by atoms with van der Waals surface area (Å²) in [5, 5.41) is 5.93. The zero-order chi connectivity index (χ0) is 22.5. The number of para-hydroxylation sites is 1. The highest BCUT2D eigenvalue weighted by atomic mass is 16.5. The standard InChI is InChI=1S/C27H28N2O3/c1-18(2)23(19-9-4-3-5-10-19)17-28-26(30)21-12-8-13-22(15-21)29-27(31)25-16-20-11-6-7-14-24(20)32-25/h3-15,18,23,25H,16-17H2,1-2H3,(H,28,30)(H,29,31). The Hall–Kier alpha value is -3.60. The molecule has 0 aliphatic carbocycles. The highest BCUT2D eigenvalue weighted by molar-refractivity contribution is 5.98. The molecule has 2 atom stereocenters. The van der Waals surface area contributed by atoms with Crippen LogP contribution < -0.4 is 15.4 Å². The van der Waals surface area contributed by atoms with Gasteiger partial charge in [0.15, 0.2) is 6.10 Å². The molecule has 0 spiro atoms. The second-order valence-corrected chi connectivity index (χ2v) is 8.46. The van der Waals surface area contributed by atoms with Gasteiger partial charge in [-0.25, -0.2) is 0 Å². The van der Waals surface area contributed by atoms with Gasteiger partial charge in [-0.05, 0) is 41.3 Å². The molecule has 0 bridgehead atoms. The van der Waals surface area contributed by atoms with Crippen LogP contribution in [0.25, 0.3) is 0 Å². The third kappa shape index (κ3) is 4.99. The third-order valence-electron chi connectivity index (χ3n) is 5.85. The minimum Gasteiger partial charge on any atom is -0.480 e. The second kappa shape index (κ2) is 9.69. The zero-order valence-corrected chi connectivity index (χ0v) is 18.4. The number of fused-ring (bicyclic) bond motifs is 1. The van der Waals surface area contributed by atoms with E-state index in [0.29, 0.717) is 30.1 Å². The monoisotopic (exact) mass is 428 g/mol. The number of hydrogen-bond donors (Lipinski definition) is 2. The lowest BCUT2D eigenvalue weighted by atomic mass is 9.88. The van der Waals surface area contributed by atoms with Gasteiger partial charge in [0.05, 0.1) is 0 Å². The molecular formula is C27H28N2O3. The lowest BCUT2D eigenvalue weighted by Gasteiger charge is -2.22. The molecule has 2 amide bonds. The van der Waals surface area contributed by atoms with Crippen LogP contribution in [0, 0.1) is 5.92 Å². The van der Waals surface area contributed by atoms with Crippen molar-refractivity contribution < 1.29 is 14.3 Å². The highest BCUT2D eigenvalue weighted by Gasteiger charge is 2.28. The average Bonchev–Trinajstić information content (AvgIpc) is 3.24. The van der Waals surface area contributed by atoms with Crippen LogP contribution in [0.5, 0.6) is 5.75 Å². The van der Waals surface area contributed by atoms with Crippen LogP contribution in [-0.4, -0.2) is 24.5 Å². The first kappa shape index (κ1) is 21.6. The summed E-state index contributed by atoms with van der Waals surface area (Å²) in [6.45, 7) is 4.86. The molecule has 2 unspecified atom stereocenters. The van der Waals surface area contributed by atoms with E-state index in [0.717, 1.165) is 11.3 Å². The Kier molecular flexibility index (Phi) is 6.55. The van der Waals surface area contributed by atoms with Gasteiger partial charge in [-0.3, -0.25) is 9.59 Å². The van der Waals surface area contributed by atoms with E-state index in [-0.39, 0.29) is 17.7 Å². The molecule has 0 fully saturated rings. The first-order chi connectivity index (χ1) is 15.5. The van der Waals surface area contributed by atoms with Gasteiger partial charge in [0.1, 0.15) is 5.75 Å². The number of amides is 2. The molecule has 1 heterocycles. The van der Waals surface area contributed by atoms with Crippen molar-refractivity contribution in [3.63, 3.8) is 0 Å². The number of rotatable bonds is 7. The summed E-state index contributed by atoms with van der Waals surface area (Å²) >= 11 is 0. The molecule has 5 nitrogen and oxygen atoms in total. The van der Waals surface area contributed by atoms with Gasteiger partial charge in [0, 0.05) is 30.1 Å². The van der Waals surface area contributed by atoms with Crippen LogP contribution in [0.3, 0.4) is 0 Å². The molecule has 2 N–H and O–H groups in total. The summed E-state index contributed by atoms with van der Waals surface area (Å²) in [5.41, 5.74) is 3.32.